The molecule has 0 saturated carbocycles. The minimum absolute atomic E-state index is 0.117. The van der Waals surface area contributed by atoms with E-state index in [0.717, 1.165) is 0 Å². The SMILES string of the molecule is C/C(=C\C(=O)N1CCC(O)(C(N)=O)C1)c1cccc(F)c1. The maximum absolute atomic E-state index is 13.1. The highest BCUT2D eigenvalue weighted by Gasteiger charge is 2.42. The molecule has 0 bridgehead atoms. The molecule has 1 saturated heterocycles. The zero-order valence-corrected chi connectivity index (χ0v) is 11.7. The van der Waals surface area contributed by atoms with Crippen LogP contribution in [0.4, 0.5) is 4.39 Å². The van der Waals surface area contributed by atoms with Crippen LogP contribution in [0.3, 0.4) is 0 Å². The van der Waals surface area contributed by atoms with E-state index in [0.29, 0.717) is 11.1 Å². The fourth-order valence-corrected chi connectivity index (χ4v) is 2.28. The number of β-amino-alcohol motifs (C(OH)–C–C–N with tert-alkyl or cyclic N) is 1. The molecule has 1 fully saturated rings. The number of primary amides is 1. The summed E-state index contributed by atoms with van der Waals surface area (Å²) in [6, 6.07) is 5.93. The van der Waals surface area contributed by atoms with E-state index in [4.69, 9.17) is 5.73 Å². The molecule has 1 aromatic carbocycles. The molecule has 21 heavy (non-hydrogen) atoms. The standard InChI is InChI=1S/C15H17FN2O3/c1-10(11-3-2-4-12(16)8-11)7-13(19)18-6-5-15(21,9-18)14(17)20/h2-4,7-8,21H,5-6,9H2,1H3,(H2,17,20)/b10-7+. The van der Waals surface area contributed by atoms with Crippen molar-refractivity contribution in [2.45, 2.75) is 18.9 Å². The Morgan fingerprint density at radius 1 is 1.48 bits per heavy atom. The van der Waals surface area contributed by atoms with Crippen LogP contribution in [-0.2, 0) is 9.59 Å². The van der Waals surface area contributed by atoms with E-state index in [1.807, 2.05) is 0 Å². The summed E-state index contributed by atoms with van der Waals surface area (Å²) in [6.45, 7) is 1.84. The van der Waals surface area contributed by atoms with Crippen molar-refractivity contribution >= 4 is 17.4 Å². The van der Waals surface area contributed by atoms with E-state index in [-0.39, 0.29) is 31.2 Å². The first-order valence-corrected chi connectivity index (χ1v) is 6.57. The third-order valence-corrected chi connectivity index (χ3v) is 3.64. The van der Waals surface area contributed by atoms with E-state index in [1.54, 1.807) is 19.1 Å². The van der Waals surface area contributed by atoms with E-state index >= 15 is 0 Å². The molecule has 2 rings (SSSR count). The molecule has 1 aliphatic rings. The number of hydrogen-bond donors (Lipinski definition) is 2. The molecule has 0 spiro atoms. The van der Waals surface area contributed by atoms with Crippen LogP contribution in [0.1, 0.15) is 18.9 Å². The van der Waals surface area contributed by atoms with Gasteiger partial charge in [-0.3, -0.25) is 9.59 Å². The number of carbonyl (C=O) groups excluding carboxylic acids is 2. The molecule has 1 aliphatic heterocycles. The van der Waals surface area contributed by atoms with Crippen molar-refractivity contribution in [3.8, 4) is 0 Å². The Morgan fingerprint density at radius 3 is 2.76 bits per heavy atom. The van der Waals surface area contributed by atoms with Crippen molar-refractivity contribution in [3.63, 3.8) is 0 Å². The highest BCUT2D eigenvalue weighted by molar-refractivity contribution is 5.96. The first-order chi connectivity index (χ1) is 9.82. The largest absolute Gasteiger partial charge is 0.378 e. The Hall–Kier alpha value is -2.21. The van der Waals surface area contributed by atoms with Crippen molar-refractivity contribution in [3.05, 3.63) is 41.7 Å². The molecule has 2 amide bonds. The van der Waals surface area contributed by atoms with Gasteiger partial charge >= 0.3 is 0 Å². The molecular formula is C15H17FN2O3. The smallest absolute Gasteiger partial charge is 0.251 e. The third kappa shape index (κ3) is 3.28. The summed E-state index contributed by atoms with van der Waals surface area (Å²) in [4.78, 5) is 24.6. The van der Waals surface area contributed by atoms with E-state index in [1.165, 1.54) is 23.1 Å². The first kappa shape index (κ1) is 15.2. The Labute approximate surface area is 121 Å². The quantitative estimate of drug-likeness (QED) is 0.803. The fourth-order valence-electron chi connectivity index (χ4n) is 2.28. The normalized spacial score (nSPS) is 22.4. The summed E-state index contributed by atoms with van der Waals surface area (Å²) < 4.78 is 13.1. The van der Waals surface area contributed by atoms with Crippen LogP contribution in [-0.4, -0.2) is 40.5 Å². The number of rotatable bonds is 3. The molecule has 0 aliphatic carbocycles. The minimum atomic E-state index is -1.66. The van der Waals surface area contributed by atoms with Gasteiger partial charge in [0, 0.05) is 19.0 Å². The number of likely N-dealkylation sites (tertiary alicyclic amines) is 1. The second-order valence-corrected chi connectivity index (χ2v) is 5.24. The predicted molar refractivity (Wildman–Crippen MR) is 75.4 cm³/mol. The maximum atomic E-state index is 13.1. The molecule has 3 N–H and O–H groups in total. The van der Waals surface area contributed by atoms with Crippen LogP contribution in [0.25, 0.3) is 5.57 Å². The second kappa shape index (κ2) is 5.65. The summed E-state index contributed by atoms with van der Waals surface area (Å²) in [5, 5.41) is 9.94. The summed E-state index contributed by atoms with van der Waals surface area (Å²) in [7, 11) is 0. The molecule has 6 heteroatoms. The van der Waals surface area contributed by atoms with Gasteiger partial charge in [0.2, 0.25) is 5.91 Å². The minimum Gasteiger partial charge on any atom is -0.378 e. The summed E-state index contributed by atoms with van der Waals surface area (Å²) in [6.07, 6.45) is 1.49. The lowest BCUT2D eigenvalue weighted by atomic mass is 10.0. The highest BCUT2D eigenvalue weighted by atomic mass is 19.1. The van der Waals surface area contributed by atoms with E-state index in [2.05, 4.69) is 0 Å². The second-order valence-electron chi connectivity index (χ2n) is 5.24. The third-order valence-electron chi connectivity index (χ3n) is 3.64. The number of aliphatic hydroxyl groups is 1. The average molecular weight is 292 g/mol. The summed E-state index contributed by atoms with van der Waals surface area (Å²) in [5.41, 5.74) is 4.67. The van der Waals surface area contributed by atoms with Crippen LogP contribution in [0.5, 0.6) is 0 Å². The zero-order chi connectivity index (χ0) is 15.6. The van der Waals surface area contributed by atoms with Crippen molar-refractivity contribution in [1.29, 1.82) is 0 Å². The van der Waals surface area contributed by atoms with Gasteiger partial charge in [-0.2, -0.15) is 0 Å². The molecule has 112 valence electrons. The lowest BCUT2D eigenvalue weighted by Crippen LogP contribution is -2.46. The van der Waals surface area contributed by atoms with Gasteiger partial charge in [0.15, 0.2) is 5.60 Å². The van der Waals surface area contributed by atoms with Crippen molar-refractivity contribution in [2.75, 3.05) is 13.1 Å². The monoisotopic (exact) mass is 292 g/mol. The van der Waals surface area contributed by atoms with Gasteiger partial charge in [0.05, 0.1) is 6.54 Å². The number of nitrogens with two attached hydrogens (primary N) is 1. The number of nitrogens with zero attached hydrogens (tertiary/aromatic N) is 1. The Morgan fingerprint density at radius 2 is 2.19 bits per heavy atom. The molecule has 1 unspecified atom stereocenters. The van der Waals surface area contributed by atoms with E-state index < -0.39 is 11.5 Å². The van der Waals surface area contributed by atoms with Crippen LogP contribution in [0.15, 0.2) is 30.3 Å². The average Bonchev–Trinajstić information content (AvgIpc) is 2.83. The van der Waals surface area contributed by atoms with Crippen molar-refractivity contribution < 1.29 is 19.1 Å². The maximum Gasteiger partial charge on any atom is 0.251 e. The van der Waals surface area contributed by atoms with Gasteiger partial charge in [-0.05, 0) is 30.2 Å². The summed E-state index contributed by atoms with van der Waals surface area (Å²) >= 11 is 0. The molecule has 5 nitrogen and oxygen atoms in total. The fraction of sp³-hybridized carbons (Fsp3) is 0.333. The first-order valence-electron chi connectivity index (χ1n) is 6.57. The Bertz CT molecular complexity index is 615. The Balaban J connectivity index is 2.11. The predicted octanol–water partition coefficient (Wildman–Crippen LogP) is 0.678. The zero-order valence-electron chi connectivity index (χ0n) is 11.7. The number of carbonyl (C=O) groups is 2. The van der Waals surface area contributed by atoms with Crippen molar-refractivity contribution in [1.82, 2.24) is 4.90 Å². The molecule has 0 aromatic heterocycles. The molecule has 1 aromatic rings. The summed E-state index contributed by atoms with van der Waals surface area (Å²) in [5.74, 6) is -1.55. The van der Waals surface area contributed by atoms with Gasteiger partial charge in [-0.1, -0.05) is 12.1 Å². The lowest BCUT2D eigenvalue weighted by molar-refractivity contribution is -0.136. The molecule has 1 atom stereocenters. The number of amides is 2. The van der Waals surface area contributed by atoms with Gasteiger partial charge < -0.3 is 15.7 Å². The topological polar surface area (TPSA) is 83.6 Å². The van der Waals surface area contributed by atoms with Gasteiger partial charge in [0.1, 0.15) is 5.82 Å². The van der Waals surface area contributed by atoms with Gasteiger partial charge in [-0.25, -0.2) is 4.39 Å². The van der Waals surface area contributed by atoms with Gasteiger partial charge in [0.25, 0.3) is 5.91 Å². The molecular weight excluding hydrogens is 275 g/mol. The number of hydrogen-bond acceptors (Lipinski definition) is 3. The molecule has 0 radical (unpaired) electrons. The van der Waals surface area contributed by atoms with Crippen LogP contribution < -0.4 is 5.73 Å². The molecule has 1 heterocycles. The van der Waals surface area contributed by atoms with Crippen LogP contribution in [0, 0.1) is 5.82 Å². The van der Waals surface area contributed by atoms with Crippen molar-refractivity contribution in [2.24, 2.45) is 5.73 Å². The van der Waals surface area contributed by atoms with Gasteiger partial charge in [-0.15, -0.1) is 0 Å². The van der Waals surface area contributed by atoms with Crippen LogP contribution >= 0.6 is 0 Å². The highest BCUT2D eigenvalue weighted by Crippen LogP contribution is 2.22. The number of halogens is 1. The van der Waals surface area contributed by atoms with Crippen LogP contribution in [0.2, 0.25) is 0 Å². The van der Waals surface area contributed by atoms with E-state index in [9.17, 15) is 19.1 Å². The Kier molecular flexibility index (Phi) is 4.09. The number of benzene rings is 1. The lowest BCUT2D eigenvalue weighted by Gasteiger charge is -2.19. The number of allylic oxidation sites excluding steroid dienone is 1.